The minimum absolute atomic E-state index is 0.185. The molecule has 0 saturated heterocycles. The highest BCUT2D eigenvalue weighted by molar-refractivity contribution is 7.74. The van der Waals surface area contributed by atoms with Crippen LogP contribution in [0, 0.1) is 5.92 Å². The molecule has 0 radical (unpaired) electrons. The molecule has 0 amide bonds. The lowest BCUT2D eigenvalue weighted by Crippen LogP contribution is -2.82. The van der Waals surface area contributed by atoms with Gasteiger partial charge >= 0.3 is 60.8 Å². The molecule has 0 aliphatic heterocycles. The Morgan fingerprint density at radius 1 is 0.479 bits per heavy atom. The highest BCUT2D eigenvalue weighted by Gasteiger charge is 2.80. The summed E-state index contributed by atoms with van der Waals surface area (Å²) >= 11 is 0. The van der Waals surface area contributed by atoms with Crippen molar-refractivity contribution in [1.29, 1.82) is 0 Å². The minimum Gasteiger partial charge on any atom is -0.329 e. The van der Waals surface area contributed by atoms with Crippen molar-refractivity contribution in [1.82, 2.24) is 0 Å². The number of hydrogen-bond acceptors (Lipinski definition) is 12. The van der Waals surface area contributed by atoms with Gasteiger partial charge in [-0.05, 0) is 6.42 Å². The molecular formula is C12H40N4O24P8. The lowest BCUT2D eigenvalue weighted by Gasteiger charge is -2.58. The van der Waals surface area contributed by atoms with Gasteiger partial charge < -0.3 is 101 Å². The summed E-state index contributed by atoms with van der Waals surface area (Å²) in [5.41, 5.74) is 11.1. The van der Waals surface area contributed by atoms with Gasteiger partial charge in [0.25, 0.3) is 0 Å². The Bertz CT molecular complexity index is 1370. The zero-order valence-corrected chi connectivity index (χ0v) is 31.3. The standard InChI is InChI=1S/C8H28N2O24P8.C4H12N2/c1-2(3(35(11,12)13)36(14,15)16)7(9,4(37(17,18)19)38(20,21)22)8(10,5(39(23,24)25)40(26,27)28)6(41(29,30)31)42(32,33)34;1-2-4(6)3-5/h2-6H,9-10H2,1H3,(H2,11,12,13)(H2,14,15,16)(H2,17,18,19)(H2,20,21,22)(H2,23,24,25)(H2,26,27,28)(H2,29,30,31)(H2,32,33,34);4H,2-3,5-6H2,1H3. The van der Waals surface area contributed by atoms with Gasteiger partial charge in [0.2, 0.25) is 0 Å². The Balaban J connectivity index is 0. The van der Waals surface area contributed by atoms with Gasteiger partial charge in [0.05, 0.1) is 11.1 Å². The van der Waals surface area contributed by atoms with Crippen LogP contribution in [0.3, 0.4) is 0 Å². The predicted octanol–water partition coefficient (Wildman–Crippen LogP) is -4.57. The maximum absolute atomic E-state index is 12.4. The zero-order chi connectivity index (χ0) is 39.9. The molecule has 0 aromatic heterocycles. The summed E-state index contributed by atoms with van der Waals surface area (Å²) in [4.78, 5) is 156. The van der Waals surface area contributed by atoms with Gasteiger partial charge in [-0.3, -0.25) is 36.5 Å². The van der Waals surface area contributed by atoms with Crippen molar-refractivity contribution in [3.63, 3.8) is 0 Å². The first-order chi connectivity index (χ1) is 20.4. The second-order valence-electron chi connectivity index (χ2n) is 10.3. The fraction of sp³-hybridized carbons (Fsp3) is 1.00. The average molecular weight is 872 g/mol. The Labute approximate surface area is 270 Å². The number of hydrogen-bond donors (Lipinski definition) is 20. The van der Waals surface area contributed by atoms with Crippen LogP contribution in [-0.2, 0) is 36.5 Å². The van der Waals surface area contributed by atoms with Gasteiger partial charge in [-0.1, -0.05) is 13.8 Å². The van der Waals surface area contributed by atoms with Crippen molar-refractivity contribution in [2.75, 3.05) is 6.54 Å². The van der Waals surface area contributed by atoms with Crippen molar-refractivity contribution in [2.24, 2.45) is 28.9 Å². The van der Waals surface area contributed by atoms with E-state index in [1.54, 1.807) is 0 Å². The van der Waals surface area contributed by atoms with E-state index in [1.807, 2.05) is 6.92 Å². The average Bonchev–Trinajstić information content (AvgIpc) is 2.70. The first kappa shape index (κ1) is 51.1. The molecule has 0 aliphatic carbocycles. The highest BCUT2D eigenvalue weighted by Crippen LogP contribution is 2.79. The molecule has 3 atom stereocenters. The van der Waals surface area contributed by atoms with E-state index in [1.165, 1.54) is 0 Å². The first-order valence-corrected chi connectivity index (χ1v) is 25.3. The molecule has 0 rings (SSSR count). The smallest absolute Gasteiger partial charge is 0.329 e. The topological polar surface area (TPSA) is 564 Å². The van der Waals surface area contributed by atoms with Crippen LogP contribution in [-0.4, -0.2) is 124 Å². The molecule has 0 heterocycles. The summed E-state index contributed by atoms with van der Waals surface area (Å²) in [6.07, 6.45) is 0.983. The van der Waals surface area contributed by atoms with Gasteiger partial charge in [-0.15, -0.1) is 0 Å². The molecule has 0 aromatic carbocycles. The molecule has 0 saturated carbocycles. The molecule has 0 bridgehead atoms. The quantitative estimate of drug-likeness (QED) is 0.0649. The van der Waals surface area contributed by atoms with Crippen molar-refractivity contribution < 1.29 is 115 Å². The van der Waals surface area contributed by atoms with Crippen LogP contribution in [0.25, 0.3) is 0 Å². The maximum atomic E-state index is 12.4. The number of rotatable bonds is 16. The Kier molecular flexibility index (Phi) is 17.2. The summed E-state index contributed by atoms with van der Waals surface area (Å²) in [5, 5.41) is -18.0. The normalized spacial score (nSPS) is 17.7. The van der Waals surface area contributed by atoms with Gasteiger partial charge in [-0.25, -0.2) is 0 Å². The molecule has 28 nitrogen and oxygen atoms in total. The van der Waals surface area contributed by atoms with E-state index >= 15 is 0 Å². The predicted molar refractivity (Wildman–Crippen MR) is 162 cm³/mol. The number of nitrogens with two attached hydrogens (primary N) is 4. The van der Waals surface area contributed by atoms with Crippen LogP contribution >= 0.6 is 60.8 Å². The summed E-state index contributed by atoms with van der Waals surface area (Å²) < 4.78 is 98.8. The summed E-state index contributed by atoms with van der Waals surface area (Å²) in [6.45, 7) is 2.45. The second kappa shape index (κ2) is 16.2. The highest BCUT2D eigenvalue weighted by atomic mass is 31.3. The SMILES string of the molecule is CC(C(P(=O)(O)O)P(=O)(O)O)C(N)(C(P(=O)(O)O)P(=O)(O)O)C(N)(C(P(=O)(O)O)P(=O)(O)O)C(P(=O)(O)O)P(=O)(O)O.CCC(N)CN. The van der Waals surface area contributed by atoms with Gasteiger partial charge in [0.1, 0.15) is 0 Å². The summed E-state index contributed by atoms with van der Waals surface area (Å²) in [5.74, 6) is -3.74. The Morgan fingerprint density at radius 2 is 0.688 bits per heavy atom. The Morgan fingerprint density at radius 3 is 0.812 bits per heavy atom. The van der Waals surface area contributed by atoms with Crippen molar-refractivity contribution in [3.05, 3.63) is 0 Å². The summed E-state index contributed by atoms with van der Waals surface area (Å²) in [6, 6.07) is 0.213. The fourth-order valence-corrected chi connectivity index (χ4v) is 19.0. The molecule has 3 unspecified atom stereocenters. The van der Waals surface area contributed by atoms with Crippen molar-refractivity contribution in [3.8, 4) is 0 Å². The molecular weight excluding hydrogens is 832 g/mol. The molecule has 0 spiro atoms. The van der Waals surface area contributed by atoms with E-state index in [9.17, 15) is 115 Å². The van der Waals surface area contributed by atoms with Crippen LogP contribution in [0.15, 0.2) is 0 Å². The van der Waals surface area contributed by atoms with Crippen LogP contribution < -0.4 is 22.9 Å². The third-order valence-corrected chi connectivity index (χ3v) is 22.5. The third kappa shape index (κ3) is 12.3. The first-order valence-electron chi connectivity index (χ1n) is 11.9. The van der Waals surface area contributed by atoms with E-state index in [4.69, 9.17) is 22.9 Å². The summed E-state index contributed by atoms with van der Waals surface area (Å²) in [7, 11) is -56.1. The van der Waals surface area contributed by atoms with Crippen LogP contribution in [0.4, 0.5) is 0 Å². The van der Waals surface area contributed by atoms with Crippen LogP contribution in [0.1, 0.15) is 20.3 Å². The van der Waals surface area contributed by atoms with E-state index in [0.29, 0.717) is 6.54 Å². The van der Waals surface area contributed by atoms with Crippen LogP contribution in [0.5, 0.6) is 0 Å². The Hall–Kier alpha value is 1.04. The minimum atomic E-state index is -7.15. The van der Waals surface area contributed by atoms with Gasteiger partial charge in [0.15, 0.2) is 21.6 Å². The van der Waals surface area contributed by atoms with Gasteiger partial charge in [0, 0.05) is 18.5 Å². The van der Waals surface area contributed by atoms with Crippen molar-refractivity contribution >= 4 is 60.8 Å². The van der Waals surface area contributed by atoms with E-state index < -0.39 is 99.4 Å². The van der Waals surface area contributed by atoms with Crippen LogP contribution in [0.2, 0.25) is 0 Å². The molecule has 0 fully saturated rings. The molecule has 48 heavy (non-hydrogen) atoms. The molecule has 24 N–H and O–H groups in total. The molecule has 292 valence electrons. The molecule has 36 heteroatoms. The third-order valence-electron chi connectivity index (χ3n) is 6.66. The lowest BCUT2D eigenvalue weighted by atomic mass is 9.73. The van der Waals surface area contributed by atoms with E-state index in [2.05, 4.69) is 0 Å². The molecule has 0 aromatic rings. The lowest BCUT2D eigenvalue weighted by molar-refractivity contribution is 0.127. The van der Waals surface area contributed by atoms with Crippen molar-refractivity contribution in [2.45, 2.75) is 59.0 Å². The monoisotopic (exact) mass is 872 g/mol. The molecule has 0 aliphatic rings. The van der Waals surface area contributed by atoms with E-state index in [-0.39, 0.29) is 13.0 Å². The fourth-order valence-electron chi connectivity index (χ4n) is 4.88. The maximum Gasteiger partial charge on any atom is 0.342 e. The van der Waals surface area contributed by atoms with E-state index in [0.717, 1.165) is 6.42 Å². The second-order valence-corrected chi connectivity index (χ2v) is 25.6. The largest absolute Gasteiger partial charge is 0.342 e. The van der Waals surface area contributed by atoms with Gasteiger partial charge in [-0.2, -0.15) is 0 Å². The zero-order valence-electron chi connectivity index (χ0n) is 24.2.